The number of hydrazone groups is 1. The molecule has 2 aromatic rings. The summed E-state index contributed by atoms with van der Waals surface area (Å²) >= 11 is 0. The predicted octanol–water partition coefficient (Wildman–Crippen LogP) is 3.69. The second-order valence-corrected chi connectivity index (χ2v) is 7.40. The predicted molar refractivity (Wildman–Crippen MR) is 104 cm³/mol. The van der Waals surface area contributed by atoms with E-state index in [1.54, 1.807) is 5.01 Å². The lowest BCUT2D eigenvalue weighted by Crippen LogP contribution is -2.62. The van der Waals surface area contributed by atoms with E-state index >= 15 is 0 Å². The molecule has 1 N–H and O–H groups in total. The molecule has 3 aliphatic heterocycles. The minimum absolute atomic E-state index is 0.0451. The maximum Gasteiger partial charge on any atom is 0.244 e. The van der Waals surface area contributed by atoms with Crippen molar-refractivity contribution in [3.8, 4) is 0 Å². The van der Waals surface area contributed by atoms with Crippen LogP contribution in [0.5, 0.6) is 0 Å². The number of nitrogens with one attached hydrogen (secondary N) is 1. The van der Waals surface area contributed by atoms with E-state index in [0.29, 0.717) is 0 Å². The van der Waals surface area contributed by atoms with E-state index in [1.807, 2.05) is 43.5 Å². The Morgan fingerprint density at radius 3 is 2.59 bits per heavy atom. The van der Waals surface area contributed by atoms with Gasteiger partial charge < -0.3 is 0 Å². The van der Waals surface area contributed by atoms with Crippen molar-refractivity contribution in [1.29, 1.82) is 0 Å². The van der Waals surface area contributed by atoms with Crippen LogP contribution in [0.4, 0.5) is 0 Å². The average Bonchev–Trinajstić information content (AvgIpc) is 2.71. The van der Waals surface area contributed by atoms with Crippen molar-refractivity contribution in [1.82, 2.24) is 15.4 Å². The van der Waals surface area contributed by atoms with Gasteiger partial charge in [-0.05, 0) is 23.1 Å². The first kappa shape index (κ1) is 16.3. The molecule has 136 valence electrons. The maximum absolute atomic E-state index is 13.3. The molecule has 5 rings (SSSR count). The smallest absolute Gasteiger partial charge is 0.244 e. The van der Waals surface area contributed by atoms with Crippen LogP contribution in [0.2, 0.25) is 0 Å². The molecule has 1 fully saturated rings. The van der Waals surface area contributed by atoms with Crippen molar-refractivity contribution < 1.29 is 4.79 Å². The number of amides is 1. The number of rotatable bonds is 2. The van der Waals surface area contributed by atoms with Crippen molar-refractivity contribution in [3.05, 3.63) is 83.4 Å². The summed E-state index contributed by atoms with van der Waals surface area (Å²) in [4.78, 5) is 13.3. The Kier molecular flexibility index (Phi) is 3.65. The van der Waals surface area contributed by atoms with Gasteiger partial charge in [-0.15, -0.1) is 6.58 Å². The molecule has 0 spiro atoms. The van der Waals surface area contributed by atoms with Crippen molar-refractivity contribution >= 4 is 12.1 Å². The fourth-order valence-electron chi connectivity index (χ4n) is 4.61. The van der Waals surface area contributed by atoms with Crippen LogP contribution in [-0.4, -0.2) is 22.1 Å². The fraction of sp³-hybridized carbons (Fsp3) is 0.273. The molecule has 5 nitrogen and oxygen atoms in total. The summed E-state index contributed by atoms with van der Waals surface area (Å²) in [5.41, 5.74) is 8.04. The average molecular weight is 358 g/mol. The molecule has 4 atom stereocenters. The van der Waals surface area contributed by atoms with Crippen LogP contribution in [0, 0.1) is 5.92 Å². The second-order valence-electron chi connectivity index (χ2n) is 7.40. The summed E-state index contributed by atoms with van der Waals surface area (Å²) < 4.78 is 0. The molecule has 1 amide bonds. The monoisotopic (exact) mass is 358 g/mol. The van der Waals surface area contributed by atoms with Gasteiger partial charge in [-0.1, -0.05) is 61.5 Å². The lowest BCUT2D eigenvalue weighted by molar-refractivity contribution is -0.170. The Hall–Kier alpha value is -2.92. The van der Waals surface area contributed by atoms with Crippen molar-refractivity contribution in [3.63, 3.8) is 0 Å². The van der Waals surface area contributed by atoms with Gasteiger partial charge in [0.1, 0.15) is 0 Å². The standard InChI is InChI=1S/C22H22N4O/c1-3-8-19-17-11-6-7-12-18(17)21-25-20(14(2)22(27)26(21)24-19)16-10-5-4-9-15(16)13-23-25/h3-7,9-14,19-21,24H,1,8H2,2H3/t14-,19-,20+,21-/m0/s1. The maximum atomic E-state index is 13.3. The van der Waals surface area contributed by atoms with Crippen molar-refractivity contribution in [2.75, 3.05) is 0 Å². The lowest BCUT2D eigenvalue weighted by Gasteiger charge is -2.54. The Labute approximate surface area is 158 Å². The summed E-state index contributed by atoms with van der Waals surface area (Å²) in [5, 5.41) is 8.65. The molecule has 3 aliphatic rings. The number of carbonyl (C=O) groups is 1. The van der Waals surface area contributed by atoms with E-state index in [4.69, 9.17) is 5.10 Å². The highest BCUT2D eigenvalue weighted by molar-refractivity contribution is 5.86. The number of nitrogens with zero attached hydrogens (tertiary/aromatic N) is 3. The van der Waals surface area contributed by atoms with Gasteiger partial charge in [-0.3, -0.25) is 9.80 Å². The highest BCUT2D eigenvalue weighted by Gasteiger charge is 2.50. The molecule has 2 aromatic carbocycles. The van der Waals surface area contributed by atoms with Crippen LogP contribution in [0.1, 0.15) is 53.8 Å². The number of hydrazine groups is 1. The molecule has 27 heavy (non-hydrogen) atoms. The summed E-state index contributed by atoms with van der Waals surface area (Å²) in [7, 11) is 0. The van der Waals surface area contributed by atoms with Crippen LogP contribution < -0.4 is 5.43 Å². The molecule has 0 aromatic heterocycles. The Morgan fingerprint density at radius 1 is 1.11 bits per heavy atom. The zero-order chi connectivity index (χ0) is 18.5. The van der Waals surface area contributed by atoms with Gasteiger partial charge in [-0.25, -0.2) is 10.4 Å². The summed E-state index contributed by atoms with van der Waals surface area (Å²) in [6.45, 7) is 5.88. The number of hydrogen-bond donors (Lipinski definition) is 1. The molecule has 1 saturated heterocycles. The van der Waals surface area contributed by atoms with Gasteiger partial charge >= 0.3 is 0 Å². The normalized spacial score (nSPS) is 28.1. The Morgan fingerprint density at radius 2 is 1.81 bits per heavy atom. The first-order chi connectivity index (χ1) is 13.2. The molecule has 0 aliphatic carbocycles. The molecule has 3 heterocycles. The summed E-state index contributed by atoms with van der Waals surface area (Å²) in [6.07, 6.45) is 4.31. The van der Waals surface area contributed by atoms with Crippen LogP contribution >= 0.6 is 0 Å². The quantitative estimate of drug-likeness (QED) is 0.833. The third-order valence-corrected chi connectivity index (χ3v) is 5.87. The topological polar surface area (TPSA) is 47.9 Å². The minimum Gasteiger partial charge on any atom is -0.273 e. The van der Waals surface area contributed by atoms with E-state index in [1.165, 1.54) is 11.1 Å². The van der Waals surface area contributed by atoms with Crippen LogP contribution in [0.25, 0.3) is 0 Å². The number of hydrogen-bond acceptors (Lipinski definition) is 4. The third kappa shape index (κ3) is 2.28. The highest BCUT2D eigenvalue weighted by atomic mass is 16.2. The van der Waals surface area contributed by atoms with E-state index in [9.17, 15) is 4.79 Å². The fourth-order valence-corrected chi connectivity index (χ4v) is 4.61. The first-order valence-electron chi connectivity index (χ1n) is 9.41. The van der Waals surface area contributed by atoms with Crippen molar-refractivity contribution in [2.24, 2.45) is 11.0 Å². The van der Waals surface area contributed by atoms with Gasteiger partial charge in [0.15, 0.2) is 6.17 Å². The molecule has 0 bridgehead atoms. The summed E-state index contributed by atoms with van der Waals surface area (Å²) in [6, 6.07) is 16.5. The van der Waals surface area contributed by atoms with Gasteiger partial charge in [0.25, 0.3) is 0 Å². The van der Waals surface area contributed by atoms with E-state index in [0.717, 1.165) is 17.5 Å². The van der Waals surface area contributed by atoms with E-state index in [-0.39, 0.29) is 30.1 Å². The zero-order valence-electron chi connectivity index (χ0n) is 15.2. The molecule has 0 unspecified atom stereocenters. The second kappa shape index (κ2) is 6.06. The van der Waals surface area contributed by atoms with Gasteiger partial charge in [0, 0.05) is 5.56 Å². The number of benzene rings is 2. The Balaban J connectivity index is 1.67. The van der Waals surface area contributed by atoms with E-state index in [2.05, 4.69) is 41.3 Å². The SMILES string of the molecule is C=CC[C@@H]1NN2C(=O)[C@@H](C)[C@@H]3c4ccccc4C=NN3[C@@H]2c2ccccc21. The van der Waals surface area contributed by atoms with Gasteiger partial charge in [0.2, 0.25) is 5.91 Å². The van der Waals surface area contributed by atoms with Crippen LogP contribution in [0.3, 0.4) is 0 Å². The van der Waals surface area contributed by atoms with Crippen LogP contribution in [-0.2, 0) is 4.79 Å². The molecule has 0 saturated carbocycles. The number of fused-ring (bicyclic) bond motifs is 7. The largest absolute Gasteiger partial charge is 0.273 e. The highest BCUT2D eigenvalue weighted by Crippen LogP contribution is 2.48. The zero-order valence-corrected chi connectivity index (χ0v) is 15.2. The van der Waals surface area contributed by atoms with Crippen LogP contribution in [0.15, 0.2) is 66.3 Å². The molecule has 0 radical (unpaired) electrons. The van der Waals surface area contributed by atoms with Crippen molar-refractivity contribution in [2.45, 2.75) is 31.6 Å². The molecule has 5 heteroatoms. The first-order valence-corrected chi connectivity index (χ1v) is 9.41. The van der Waals surface area contributed by atoms with E-state index < -0.39 is 0 Å². The number of carbonyl (C=O) groups excluding carboxylic acids is 1. The Bertz CT molecular complexity index is 953. The van der Waals surface area contributed by atoms with Gasteiger partial charge in [0.05, 0.1) is 24.2 Å². The lowest BCUT2D eigenvalue weighted by atomic mass is 9.84. The molecular weight excluding hydrogens is 336 g/mol. The summed E-state index contributed by atoms with van der Waals surface area (Å²) in [5.74, 6) is -0.0845. The van der Waals surface area contributed by atoms with Gasteiger partial charge in [-0.2, -0.15) is 5.10 Å². The molecular formula is C22H22N4O. The third-order valence-electron chi connectivity index (χ3n) is 5.87. The minimum atomic E-state index is -0.249.